The van der Waals surface area contributed by atoms with Crippen LogP contribution in [0.2, 0.25) is 4.71 Å². The molecule has 1 atom stereocenters. The molecule has 7 nitrogen and oxygen atoms in total. The summed E-state index contributed by atoms with van der Waals surface area (Å²) in [5, 5.41) is 20.0. The van der Waals surface area contributed by atoms with Crippen LogP contribution in [0.1, 0.15) is 17.4 Å². The van der Waals surface area contributed by atoms with Crippen molar-refractivity contribution in [2.24, 2.45) is 0 Å². The summed E-state index contributed by atoms with van der Waals surface area (Å²) >= 11 is -1.24. The van der Waals surface area contributed by atoms with E-state index < -0.39 is 40.8 Å². The molecule has 0 aliphatic carbocycles. The molecule has 0 saturated heterocycles. The van der Waals surface area contributed by atoms with Crippen LogP contribution in [-0.2, 0) is 14.6 Å². The van der Waals surface area contributed by atoms with Crippen LogP contribution in [0.4, 0.5) is 0 Å². The number of pyridine rings is 1. The maximum absolute atomic E-state index is 12.7. The first-order valence-corrected chi connectivity index (χ1v) is 11.6. The van der Waals surface area contributed by atoms with Crippen LogP contribution in [0.15, 0.2) is 64.5 Å². The van der Waals surface area contributed by atoms with Crippen molar-refractivity contribution in [1.29, 1.82) is 0 Å². The van der Waals surface area contributed by atoms with Gasteiger partial charge >= 0.3 is 168 Å². The molecule has 1 heterocycles. The molecule has 9 heteroatoms. The molecule has 2 aromatic carbocycles. The normalized spacial score (nSPS) is 13.0. The fourth-order valence-electron chi connectivity index (χ4n) is 2.54. The third-order valence-electron chi connectivity index (χ3n) is 4.07. The van der Waals surface area contributed by atoms with Crippen LogP contribution in [0.5, 0.6) is 5.75 Å². The van der Waals surface area contributed by atoms with Crippen molar-refractivity contribution >= 4 is 46.9 Å². The minimum absolute atomic E-state index is 0.0392. The van der Waals surface area contributed by atoms with Crippen molar-refractivity contribution in [3.05, 3.63) is 60.4 Å². The summed E-state index contributed by atoms with van der Waals surface area (Å²) in [4.78, 5) is 27.4. The monoisotopic (exact) mass is 460 g/mol. The van der Waals surface area contributed by atoms with Crippen molar-refractivity contribution in [3.63, 3.8) is 0 Å². The summed E-state index contributed by atoms with van der Waals surface area (Å²) in [6, 6.07) is 12.1. The van der Waals surface area contributed by atoms with Crippen LogP contribution in [0.25, 0.3) is 10.8 Å². The molecule has 0 aliphatic heterocycles. The summed E-state index contributed by atoms with van der Waals surface area (Å²) in [5.74, 6) is -1.46. The van der Waals surface area contributed by atoms with Gasteiger partial charge in [0.2, 0.25) is 0 Å². The van der Waals surface area contributed by atoms with Crippen molar-refractivity contribution < 1.29 is 28.2 Å². The molecule has 28 heavy (non-hydrogen) atoms. The van der Waals surface area contributed by atoms with E-state index in [1.807, 2.05) is 0 Å². The molecular weight excluding hydrogens is 445 g/mol. The van der Waals surface area contributed by atoms with Gasteiger partial charge in [-0.15, -0.1) is 0 Å². The average molecular weight is 460 g/mol. The van der Waals surface area contributed by atoms with Crippen LogP contribution >= 0.6 is 0 Å². The number of nitrogens with zero attached hydrogens (tertiary/aromatic N) is 1. The first-order valence-electron chi connectivity index (χ1n) is 8.11. The molecule has 0 spiro atoms. The Morgan fingerprint density at radius 3 is 2.39 bits per heavy atom. The van der Waals surface area contributed by atoms with Gasteiger partial charge in [-0.25, -0.2) is 0 Å². The van der Waals surface area contributed by atoms with Gasteiger partial charge in [0.25, 0.3) is 0 Å². The number of aromatic hydroxyl groups is 1. The molecule has 0 amide bonds. The van der Waals surface area contributed by atoms with E-state index in [1.165, 1.54) is 43.5 Å². The van der Waals surface area contributed by atoms with Gasteiger partial charge in [0.15, 0.2) is 0 Å². The molecule has 0 bridgehead atoms. The zero-order valence-electron chi connectivity index (χ0n) is 14.6. The number of carbonyl (C=O) groups is 2. The summed E-state index contributed by atoms with van der Waals surface area (Å²) in [6.07, 6.45) is 1.30. The Balaban J connectivity index is 2.02. The summed E-state index contributed by atoms with van der Waals surface area (Å²) < 4.78 is 24.1. The summed E-state index contributed by atoms with van der Waals surface area (Å²) in [5.41, 5.74) is -0.195. The SMILES string of the molecule is C[C@H]([As]C(=O)c1ncc2cc(S(=O)(=O)c3ccccc3)ccc2c1O)C(=O)O. The van der Waals surface area contributed by atoms with Gasteiger partial charge in [0.1, 0.15) is 0 Å². The van der Waals surface area contributed by atoms with Crippen LogP contribution in [-0.4, -0.2) is 49.9 Å². The topological polar surface area (TPSA) is 122 Å². The number of hydrogen-bond acceptors (Lipinski definition) is 6. The second-order valence-corrected chi connectivity index (χ2v) is 10.9. The van der Waals surface area contributed by atoms with E-state index in [4.69, 9.17) is 5.11 Å². The Morgan fingerprint density at radius 2 is 1.75 bits per heavy atom. The van der Waals surface area contributed by atoms with Crippen molar-refractivity contribution in [2.45, 2.75) is 21.4 Å². The Kier molecular flexibility index (Phi) is 5.54. The first-order chi connectivity index (χ1) is 13.2. The van der Waals surface area contributed by atoms with Crippen molar-refractivity contribution in [2.75, 3.05) is 0 Å². The molecule has 0 aliphatic rings. The number of sulfone groups is 1. The molecule has 3 rings (SSSR count). The van der Waals surface area contributed by atoms with Gasteiger partial charge in [-0.2, -0.15) is 0 Å². The van der Waals surface area contributed by atoms with Crippen LogP contribution < -0.4 is 0 Å². The Hall–Kier alpha value is -2.70. The number of carboxylic acid groups (broad SMARTS) is 1. The quantitative estimate of drug-likeness (QED) is 0.542. The van der Waals surface area contributed by atoms with Crippen LogP contribution in [0, 0.1) is 0 Å². The predicted molar refractivity (Wildman–Crippen MR) is 102 cm³/mol. The third-order valence-corrected chi connectivity index (χ3v) is 8.05. The van der Waals surface area contributed by atoms with Gasteiger partial charge in [0.05, 0.1) is 0 Å². The van der Waals surface area contributed by atoms with Gasteiger partial charge < -0.3 is 0 Å². The fraction of sp³-hybridized carbons (Fsp3) is 0.105. The molecule has 1 radical (unpaired) electrons. The first kappa shape index (κ1) is 20.0. The summed E-state index contributed by atoms with van der Waals surface area (Å²) in [7, 11) is -3.73. The van der Waals surface area contributed by atoms with E-state index in [1.54, 1.807) is 18.2 Å². The number of hydrogen-bond donors (Lipinski definition) is 2. The third kappa shape index (κ3) is 3.79. The van der Waals surface area contributed by atoms with Crippen LogP contribution in [0.3, 0.4) is 0 Å². The molecule has 0 saturated carbocycles. The Bertz CT molecular complexity index is 1180. The molecule has 3 aromatic rings. The molecule has 0 fully saturated rings. The number of aromatic nitrogens is 1. The van der Waals surface area contributed by atoms with Gasteiger partial charge in [0, 0.05) is 0 Å². The van der Waals surface area contributed by atoms with E-state index in [9.17, 15) is 23.1 Å². The molecule has 143 valence electrons. The number of benzene rings is 2. The van der Waals surface area contributed by atoms with Gasteiger partial charge in [-0.05, 0) is 0 Å². The second kappa shape index (κ2) is 7.73. The van der Waals surface area contributed by atoms with E-state index in [0.717, 1.165) is 0 Å². The molecule has 0 unspecified atom stereocenters. The second-order valence-electron chi connectivity index (χ2n) is 5.97. The Morgan fingerprint density at radius 1 is 1.07 bits per heavy atom. The number of carbonyl (C=O) groups excluding carboxylic acids is 1. The van der Waals surface area contributed by atoms with E-state index in [2.05, 4.69) is 4.98 Å². The molecule has 1 aromatic heterocycles. The number of aliphatic carboxylic acids is 1. The van der Waals surface area contributed by atoms with Crippen molar-refractivity contribution in [3.8, 4) is 5.75 Å². The van der Waals surface area contributed by atoms with E-state index in [0.29, 0.717) is 5.39 Å². The number of fused-ring (bicyclic) bond motifs is 1. The minimum atomic E-state index is -3.73. The van der Waals surface area contributed by atoms with Gasteiger partial charge in [-0.1, -0.05) is 0 Å². The van der Waals surface area contributed by atoms with Gasteiger partial charge in [-0.3, -0.25) is 0 Å². The average Bonchev–Trinajstić information content (AvgIpc) is 2.68. The number of rotatable bonds is 6. The van der Waals surface area contributed by atoms with Crippen molar-refractivity contribution in [1.82, 2.24) is 4.98 Å². The zero-order valence-corrected chi connectivity index (χ0v) is 17.3. The standard InChI is InChI=1S/C19H15AsNO6S/c1-11(19(24)25)20-18(23)16-17(22)15-8-7-14(9-12(15)10-21-16)28(26,27)13-5-3-2-4-6-13/h2-11,22H,1H3,(H,24,25)/t11-/m0/s1. The van der Waals surface area contributed by atoms with E-state index in [-0.39, 0.29) is 26.6 Å². The van der Waals surface area contributed by atoms with E-state index >= 15 is 0 Å². The Labute approximate surface area is 167 Å². The molecule has 2 N–H and O–H groups in total. The molecular formula is C19H15AsNO6S. The fourth-order valence-corrected chi connectivity index (χ4v) is 5.42. The maximum atomic E-state index is 12.7. The number of carboxylic acids is 1. The predicted octanol–water partition coefficient (Wildman–Crippen LogP) is 2.51. The zero-order chi connectivity index (χ0) is 20.5. The summed E-state index contributed by atoms with van der Waals surface area (Å²) in [6.45, 7) is 1.43.